The summed E-state index contributed by atoms with van der Waals surface area (Å²) in [7, 11) is 0. The number of hydrogen-bond donors (Lipinski definition) is 3. The molecule has 0 radical (unpaired) electrons. The SMILES string of the molecule is O=C1CCc2cc(NC(=S)NC3CC3)ccc2N1. The van der Waals surface area contributed by atoms with Crippen LogP contribution >= 0.6 is 12.2 Å². The minimum absolute atomic E-state index is 0.0918. The summed E-state index contributed by atoms with van der Waals surface area (Å²) in [5, 5.41) is 9.97. The maximum atomic E-state index is 11.3. The standard InChI is InChI=1S/C13H15N3OS/c17-12-6-1-8-7-10(4-5-11(8)16-12)15-13(18)14-9-2-3-9/h4-5,7,9H,1-3,6H2,(H,16,17)(H2,14,15,18). The third-order valence-corrected chi connectivity index (χ3v) is 3.39. The van der Waals surface area contributed by atoms with Crippen LogP contribution in [0.2, 0.25) is 0 Å². The Morgan fingerprint density at radius 2 is 2.17 bits per heavy atom. The van der Waals surface area contributed by atoms with Crippen molar-refractivity contribution in [2.24, 2.45) is 0 Å². The lowest BCUT2D eigenvalue weighted by Crippen LogP contribution is -2.30. The van der Waals surface area contributed by atoms with E-state index in [-0.39, 0.29) is 5.91 Å². The molecule has 3 N–H and O–H groups in total. The average Bonchev–Trinajstić information content (AvgIpc) is 3.13. The van der Waals surface area contributed by atoms with E-state index in [4.69, 9.17) is 12.2 Å². The Balaban J connectivity index is 1.69. The number of fused-ring (bicyclic) bond motifs is 1. The molecule has 5 heteroatoms. The number of hydrogen-bond acceptors (Lipinski definition) is 2. The third kappa shape index (κ3) is 2.61. The lowest BCUT2D eigenvalue weighted by Gasteiger charge is -2.18. The predicted octanol–water partition coefficient (Wildman–Crippen LogP) is 2.02. The first-order valence-electron chi connectivity index (χ1n) is 6.21. The van der Waals surface area contributed by atoms with Crippen molar-refractivity contribution in [2.75, 3.05) is 10.6 Å². The Morgan fingerprint density at radius 1 is 1.33 bits per heavy atom. The van der Waals surface area contributed by atoms with Gasteiger partial charge in [0.25, 0.3) is 0 Å². The molecule has 94 valence electrons. The second-order valence-electron chi connectivity index (χ2n) is 4.79. The molecule has 1 aromatic carbocycles. The zero-order valence-electron chi connectivity index (χ0n) is 9.95. The number of amides is 1. The highest BCUT2D eigenvalue weighted by molar-refractivity contribution is 7.80. The van der Waals surface area contributed by atoms with Crippen molar-refractivity contribution in [3.05, 3.63) is 23.8 Å². The van der Waals surface area contributed by atoms with Crippen molar-refractivity contribution in [2.45, 2.75) is 31.7 Å². The molecule has 0 saturated heterocycles. The lowest BCUT2D eigenvalue weighted by molar-refractivity contribution is -0.116. The Morgan fingerprint density at radius 3 is 2.94 bits per heavy atom. The molecule has 1 heterocycles. The molecule has 0 spiro atoms. The van der Waals surface area contributed by atoms with E-state index in [0.717, 1.165) is 23.4 Å². The summed E-state index contributed by atoms with van der Waals surface area (Å²) >= 11 is 5.23. The van der Waals surface area contributed by atoms with Gasteiger partial charge in [-0.2, -0.15) is 0 Å². The topological polar surface area (TPSA) is 53.2 Å². The van der Waals surface area contributed by atoms with Crippen LogP contribution in [-0.4, -0.2) is 17.1 Å². The van der Waals surface area contributed by atoms with Crippen LogP contribution in [0, 0.1) is 0 Å². The van der Waals surface area contributed by atoms with Gasteiger partial charge < -0.3 is 16.0 Å². The van der Waals surface area contributed by atoms with E-state index in [0.29, 0.717) is 17.6 Å². The smallest absolute Gasteiger partial charge is 0.224 e. The maximum Gasteiger partial charge on any atom is 0.224 e. The van der Waals surface area contributed by atoms with Gasteiger partial charge in [0.05, 0.1) is 0 Å². The first kappa shape index (κ1) is 11.5. The number of carbonyl (C=O) groups is 1. The number of aryl methyl sites for hydroxylation is 1. The highest BCUT2D eigenvalue weighted by Gasteiger charge is 2.22. The first-order chi connectivity index (χ1) is 8.70. The Bertz CT molecular complexity index is 511. The van der Waals surface area contributed by atoms with Crippen LogP contribution in [0.1, 0.15) is 24.8 Å². The van der Waals surface area contributed by atoms with Crippen molar-refractivity contribution in [3.63, 3.8) is 0 Å². The summed E-state index contributed by atoms with van der Waals surface area (Å²) < 4.78 is 0. The van der Waals surface area contributed by atoms with Gasteiger partial charge >= 0.3 is 0 Å². The number of benzene rings is 1. The van der Waals surface area contributed by atoms with Crippen LogP contribution in [0.15, 0.2) is 18.2 Å². The fraction of sp³-hybridized carbons (Fsp3) is 0.385. The fourth-order valence-corrected chi connectivity index (χ4v) is 2.33. The van der Waals surface area contributed by atoms with E-state index in [1.165, 1.54) is 12.8 Å². The molecule has 0 aromatic heterocycles. The molecular formula is C13H15N3OS. The maximum absolute atomic E-state index is 11.3. The van der Waals surface area contributed by atoms with Gasteiger partial charge in [-0.3, -0.25) is 4.79 Å². The van der Waals surface area contributed by atoms with Crippen LogP contribution in [0.5, 0.6) is 0 Å². The molecular weight excluding hydrogens is 246 g/mol. The number of nitrogens with one attached hydrogen (secondary N) is 3. The summed E-state index contributed by atoms with van der Waals surface area (Å²) in [4.78, 5) is 11.3. The van der Waals surface area contributed by atoms with Crippen LogP contribution in [0.3, 0.4) is 0 Å². The summed E-state index contributed by atoms with van der Waals surface area (Å²) in [6.45, 7) is 0. The zero-order valence-corrected chi connectivity index (χ0v) is 10.8. The third-order valence-electron chi connectivity index (χ3n) is 3.17. The van der Waals surface area contributed by atoms with Crippen LogP contribution < -0.4 is 16.0 Å². The fourth-order valence-electron chi connectivity index (χ4n) is 2.04. The van der Waals surface area contributed by atoms with Gasteiger partial charge in [-0.15, -0.1) is 0 Å². The molecule has 1 aromatic rings. The Hall–Kier alpha value is -1.62. The summed E-state index contributed by atoms with van der Waals surface area (Å²) in [5.41, 5.74) is 3.05. The number of anilines is 2. The van der Waals surface area contributed by atoms with Gasteiger partial charge in [0.15, 0.2) is 5.11 Å². The zero-order chi connectivity index (χ0) is 12.5. The van der Waals surface area contributed by atoms with Gasteiger partial charge in [-0.1, -0.05) is 0 Å². The van der Waals surface area contributed by atoms with Crippen LogP contribution in [-0.2, 0) is 11.2 Å². The predicted molar refractivity (Wildman–Crippen MR) is 75.8 cm³/mol. The quantitative estimate of drug-likeness (QED) is 0.713. The largest absolute Gasteiger partial charge is 0.360 e. The monoisotopic (exact) mass is 261 g/mol. The molecule has 18 heavy (non-hydrogen) atoms. The molecule has 4 nitrogen and oxygen atoms in total. The molecule has 1 fully saturated rings. The van der Waals surface area contributed by atoms with E-state index in [9.17, 15) is 4.79 Å². The van der Waals surface area contributed by atoms with E-state index in [1.54, 1.807) is 0 Å². The van der Waals surface area contributed by atoms with E-state index >= 15 is 0 Å². The molecule has 0 bridgehead atoms. The van der Waals surface area contributed by atoms with Gasteiger partial charge in [-0.25, -0.2) is 0 Å². The Kier molecular flexibility index (Phi) is 2.91. The van der Waals surface area contributed by atoms with Crippen molar-refractivity contribution >= 4 is 34.6 Å². The number of carbonyl (C=O) groups excluding carboxylic acids is 1. The molecule has 2 aliphatic rings. The minimum atomic E-state index is 0.0918. The average molecular weight is 261 g/mol. The molecule has 1 amide bonds. The van der Waals surface area contributed by atoms with E-state index < -0.39 is 0 Å². The Labute approximate surface area is 111 Å². The normalized spacial score (nSPS) is 17.7. The van der Waals surface area contributed by atoms with Crippen molar-refractivity contribution in [3.8, 4) is 0 Å². The molecule has 0 unspecified atom stereocenters. The summed E-state index contributed by atoms with van der Waals surface area (Å²) in [6.07, 6.45) is 3.76. The highest BCUT2D eigenvalue weighted by Crippen LogP contribution is 2.26. The van der Waals surface area contributed by atoms with Gasteiger partial charge in [0, 0.05) is 23.8 Å². The van der Waals surface area contributed by atoms with Gasteiger partial charge in [0.1, 0.15) is 0 Å². The highest BCUT2D eigenvalue weighted by atomic mass is 32.1. The van der Waals surface area contributed by atoms with Crippen molar-refractivity contribution in [1.82, 2.24) is 5.32 Å². The molecule has 1 aliphatic heterocycles. The van der Waals surface area contributed by atoms with Crippen molar-refractivity contribution in [1.29, 1.82) is 0 Å². The lowest BCUT2D eigenvalue weighted by atomic mass is 10.0. The molecule has 1 aliphatic carbocycles. The van der Waals surface area contributed by atoms with Gasteiger partial charge in [-0.05, 0) is 55.2 Å². The number of rotatable bonds is 2. The van der Waals surface area contributed by atoms with Crippen molar-refractivity contribution < 1.29 is 4.79 Å². The molecule has 1 saturated carbocycles. The minimum Gasteiger partial charge on any atom is -0.360 e. The number of thiocarbonyl (C=S) groups is 1. The second-order valence-corrected chi connectivity index (χ2v) is 5.20. The van der Waals surface area contributed by atoms with Crippen LogP contribution in [0.4, 0.5) is 11.4 Å². The van der Waals surface area contributed by atoms with E-state index in [2.05, 4.69) is 22.0 Å². The summed E-state index contributed by atoms with van der Waals surface area (Å²) in [5.74, 6) is 0.0918. The van der Waals surface area contributed by atoms with Gasteiger partial charge in [0.2, 0.25) is 5.91 Å². The summed E-state index contributed by atoms with van der Waals surface area (Å²) in [6, 6.07) is 6.47. The molecule has 0 atom stereocenters. The van der Waals surface area contributed by atoms with E-state index in [1.807, 2.05) is 12.1 Å². The van der Waals surface area contributed by atoms with Crippen LogP contribution in [0.25, 0.3) is 0 Å². The first-order valence-corrected chi connectivity index (χ1v) is 6.62. The second kappa shape index (κ2) is 4.57. The molecule has 3 rings (SSSR count).